The second-order valence-electron chi connectivity index (χ2n) is 3.18. The van der Waals surface area contributed by atoms with E-state index in [1.807, 2.05) is 0 Å². The molecule has 1 saturated heterocycles. The van der Waals surface area contributed by atoms with Gasteiger partial charge in [0.1, 0.15) is 11.9 Å². The number of rotatable bonds is 2. The first-order valence-corrected chi connectivity index (χ1v) is 4.36. The molecule has 0 saturated carbocycles. The lowest BCUT2D eigenvalue weighted by molar-refractivity contribution is -0.152. The average Bonchev–Trinajstić information content (AvgIpc) is 2.44. The zero-order valence-corrected chi connectivity index (χ0v) is 8.80. The summed E-state index contributed by atoms with van der Waals surface area (Å²) < 4.78 is 4.19. The van der Waals surface area contributed by atoms with E-state index in [9.17, 15) is 19.2 Å². The molecule has 16 heavy (non-hydrogen) atoms. The molecule has 1 rings (SSSR count). The summed E-state index contributed by atoms with van der Waals surface area (Å²) in [6.07, 6.45) is -3.05. The molecule has 1 aliphatic rings. The van der Waals surface area contributed by atoms with E-state index in [1.54, 1.807) is 0 Å². The maximum atomic E-state index is 10.7. The van der Waals surface area contributed by atoms with Crippen LogP contribution in [0.25, 0.3) is 0 Å². The van der Waals surface area contributed by atoms with Gasteiger partial charge in [-0.2, -0.15) is 0 Å². The second kappa shape index (κ2) is 6.09. The van der Waals surface area contributed by atoms with E-state index in [0.29, 0.717) is 0 Å². The second-order valence-corrected chi connectivity index (χ2v) is 3.18. The molecule has 0 aromatic rings. The van der Waals surface area contributed by atoms with Crippen molar-refractivity contribution < 1.29 is 34.1 Å². The number of carbonyl (C=O) groups excluding carboxylic acids is 4. The van der Waals surface area contributed by atoms with Gasteiger partial charge in [0.2, 0.25) is 0 Å². The van der Waals surface area contributed by atoms with Crippen LogP contribution >= 0.6 is 0 Å². The van der Waals surface area contributed by atoms with E-state index in [2.05, 4.69) is 4.74 Å². The van der Waals surface area contributed by atoms with Gasteiger partial charge in [0.15, 0.2) is 6.10 Å². The van der Waals surface area contributed by atoms with Crippen LogP contribution in [0.4, 0.5) is 0 Å². The molecule has 90 valence electrons. The molecule has 0 aliphatic carbocycles. The first-order valence-electron chi connectivity index (χ1n) is 4.36. The summed E-state index contributed by atoms with van der Waals surface area (Å²) in [6.45, 7) is 2.32. The van der Waals surface area contributed by atoms with Crippen molar-refractivity contribution in [2.75, 3.05) is 6.61 Å². The molecule has 2 N–H and O–H groups in total. The molecule has 0 amide bonds. The summed E-state index contributed by atoms with van der Waals surface area (Å²) in [5.41, 5.74) is 0. The van der Waals surface area contributed by atoms with Crippen molar-refractivity contribution in [2.45, 2.75) is 26.1 Å². The normalized spacial score (nSPS) is 21.0. The third-order valence-electron chi connectivity index (χ3n) is 1.44. The van der Waals surface area contributed by atoms with Gasteiger partial charge in [0.25, 0.3) is 5.78 Å². The van der Waals surface area contributed by atoms with Crippen LogP contribution in [0.2, 0.25) is 0 Å². The maximum Gasteiger partial charge on any atom is 0.383 e. The van der Waals surface area contributed by atoms with Gasteiger partial charge >= 0.3 is 11.8 Å². The number of ether oxygens (including phenoxy) is 1. The monoisotopic (exact) mass is 232 g/mol. The molecule has 0 radical (unpaired) electrons. The Labute approximate surface area is 91.0 Å². The van der Waals surface area contributed by atoms with E-state index in [4.69, 9.17) is 10.2 Å². The number of cyclic esters (lactones) is 1. The van der Waals surface area contributed by atoms with Crippen LogP contribution in [0.15, 0.2) is 0 Å². The fraction of sp³-hybridized carbons (Fsp3) is 0.556. The first-order chi connectivity index (χ1) is 7.31. The van der Waals surface area contributed by atoms with Crippen molar-refractivity contribution in [3.05, 3.63) is 0 Å². The molecule has 0 spiro atoms. The lowest BCUT2D eigenvalue weighted by Crippen LogP contribution is -2.35. The number of hydrogen-bond donors (Lipinski definition) is 2. The Hall–Kier alpha value is -1.60. The van der Waals surface area contributed by atoms with Crippen LogP contribution in [-0.2, 0) is 23.9 Å². The lowest BCUT2D eigenvalue weighted by atomic mass is 10.1. The summed E-state index contributed by atoms with van der Waals surface area (Å²) in [4.78, 5) is 41.1. The van der Waals surface area contributed by atoms with Crippen molar-refractivity contribution in [1.82, 2.24) is 0 Å². The molecular weight excluding hydrogens is 220 g/mol. The van der Waals surface area contributed by atoms with Crippen LogP contribution in [0.5, 0.6) is 0 Å². The molecule has 7 nitrogen and oxygen atoms in total. The number of hydrogen-bond acceptors (Lipinski definition) is 7. The van der Waals surface area contributed by atoms with E-state index in [-0.39, 0.29) is 5.78 Å². The maximum absolute atomic E-state index is 10.7. The summed E-state index contributed by atoms with van der Waals surface area (Å²) >= 11 is 0. The molecule has 0 unspecified atom stereocenters. The fourth-order valence-corrected chi connectivity index (χ4v) is 0.801. The Bertz CT molecular complexity index is 316. The molecular formula is C9H12O7. The predicted molar refractivity (Wildman–Crippen MR) is 49.3 cm³/mol. The van der Waals surface area contributed by atoms with Crippen LogP contribution < -0.4 is 0 Å². The summed E-state index contributed by atoms with van der Waals surface area (Å²) in [5.74, 6) is -3.51. The summed E-state index contributed by atoms with van der Waals surface area (Å²) in [5, 5.41) is 17.2. The third-order valence-corrected chi connectivity index (χ3v) is 1.44. The first kappa shape index (κ1) is 14.4. The molecule has 0 aromatic heterocycles. The number of aliphatic hydroxyl groups excluding tert-OH is 2. The Morgan fingerprint density at radius 2 is 1.81 bits per heavy atom. The van der Waals surface area contributed by atoms with Crippen LogP contribution in [-0.4, -0.2) is 52.3 Å². The smallest absolute Gasteiger partial charge is 0.383 e. The zero-order valence-electron chi connectivity index (χ0n) is 8.80. The Balaban J connectivity index is 0.000000487. The molecule has 1 heterocycles. The number of ketones is 3. The van der Waals surface area contributed by atoms with Gasteiger partial charge < -0.3 is 19.7 Å². The number of Topliss-reactive ketones (excluding diaryl/α,β-unsaturated/α-hetero) is 3. The predicted octanol–water partition coefficient (Wildman–Crippen LogP) is -2.00. The van der Waals surface area contributed by atoms with Crippen molar-refractivity contribution in [3.63, 3.8) is 0 Å². The number of aliphatic hydroxyl groups is 2. The number of esters is 1. The van der Waals surface area contributed by atoms with Crippen LogP contribution in [0.3, 0.4) is 0 Å². The van der Waals surface area contributed by atoms with Crippen molar-refractivity contribution in [2.24, 2.45) is 0 Å². The van der Waals surface area contributed by atoms with Crippen LogP contribution in [0.1, 0.15) is 13.8 Å². The van der Waals surface area contributed by atoms with Gasteiger partial charge in [-0.25, -0.2) is 4.79 Å². The molecule has 0 bridgehead atoms. The van der Waals surface area contributed by atoms with Crippen LogP contribution in [0, 0.1) is 0 Å². The number of carbonyl (C=O) groups is 4. The Morgan fingerprint density at radius 3 is 2.06 bits per heavy atom. The fourth-order valence-electron chi connectivity index (χ4n) is 0.801. The van der Waals surface area contributed by atoms with Crippen molar-refractivity contribution >= 4 is 23.3 Å². The van der Waals surface area contributed by atoms with E-state index in [1.165, 1.54) is 13.8 Å². The van der Waals surface area contributed by atoms with Gasteiger partial charge in [0, 0.05) is 0 Å². The highest BCUT2D eigenvalue weighted by molar-refractivity contribution is 6.65. The standard InChI is InChI=1S/C6H6O6.C3H6O/c7-1-2(8)5-3(9)4(10)6(11)12-5;1-3(2)4/h2,5,7-8H,1H2;1-2H3/t2-,5+;/m0./s1. The summed E-state index contributed by atoms with van der Waals surface area (Å²) in [6, 6.07) is 0. The van der Waals surface area contributed by atoms with Gasteiger partial charge in [-0.3, -0.25) is 9.59 Å². The van der Waals surface area contributed by atoms with Gasteiger partial charge in [-0.05, 0) is 13.8 Å². The average molecular weight is 232 g/mol. The topological polar surface area (TPSA) is 118 Å². The minimum Gasteiger partial charge on any atom is -0.445 e. The van der Waals surface area contributed by atoms with Gasteiger partial charge in [-0.15, -0.1) is 0 Å². The lowest BCUT2D eigenvalue weighted by Gasteiger charge is -2.10. The van der Waals surface area contributed by atoms with E-state index < -0.39 is 36.4 Å². The summed E-state index contributed by atoms with van der Waals surface area (Å²) in [7, 11) is 0. The van der Waals surface area contributed by atoms with Crippen molar-refractivity contribution in [3.8, 4) is 0 Å². The van der Waals surface area contributed by atoms with Crippen molar-refractivity contribution in [1.29, 1.82) is 0 Å². The quantitative estimate of drug-likeness (QED) is 0.417. The van der Waals surface area contributed by atoms with E-state index >= 15 is 0 Å². The van der Waals surface area contributed by atoms with E-state index in [0.717, 1.165) is 0 Å². The Kier molecular flexibility index (Phi) is 5.48. The highest BCUT2D eigenvalue weighted by Crippen LogP contribution is 2.10. The van der Waals surface area contributed by atoms with Gasteiger partial charge in [-0.1, -0.05) is 0 Å². The Morgan fingerprint density at radius 1 is 1.38 bits per heavy atom. The largest absolute Gasteiger partial charge is 0.445 e. The molecule has 1 aliphatic heterocycles. The SMILES string of the molecule is CC(C)=O.O=C1O[C@H]([C@@H](O)CO)C(=O)C1=O. The highest BCUT2D eigenvalue weighted by atomic mass is 16.6. The molecule has 7 heteroatoms. The zero-order chi connectivity index (χ0) is 12.9. The molecule has 2 atom stereocenters. The third kappa shape index (κ3) is 3.87. The minimum absolute atomic E-state index is 0.167. The minimum atomic E-state index is -1.53. The van der Waals surface area contributed by atoms with Gasteiger partial charge in [0.05, 0.1) is 6.61 Å². The highest BCUT2D eigenvalue weighted by Gasteiger charge is 2.45. The molecule has 1 fully saturated rings. The molecule has 0 aromatic carbocycles.